The molecule has 0 radical (unpaired) electrons. The predicted molar refractivity (Wildman–Crippen MR) is 75.3 cm³/mol. The zero-order chi connectivity index (χ0) is 15.6. The molecule has 0 fully saturated rings. The van der Waals surface area contributed by atoms with Gasteiger partial charge in [-0.2, -0.15) is 0 Å². The van der Waals surface area contributed by atoms with Crippen LogP contribution in [0.5, 0.6) is 0 Å². The van der Waals surface area contributed by atoms with Gasteiger partial charge in [-0.3, -0.25) is 4.72 Å². The Kier molecular flexibility index (Phi) is 3.95. The molecule has 0 aliphatic carbocycles. The Bertz CT molecular complexity index is 802. The Morgan fingerprint density at radius 3 is 2.52 bits per heavy atom. The van der Waals surface area contributed by atoms with E-state index in [1.807, 2.05) is 0 Å². The molecule has 0 unspecified atom stereocenters. The summed E-state index contributed by atoms with van der Waals surface area (Å²) in [6.45, 7) is 1.80. The zero-order valence-corrected chi connectivity index (χ0v) is 11.8. The average molecular weight is 309 g/mol. The van der Waals surface area contributed by atoms with Gasteiger partial charge in [-0.25, -0.2) is 17.6 Å². The lowest BCUT2D eigenvalue weighted by Crippen LogP contribution is -2.14. The minimum absolute atomic E-state index is 0.317. The maximum absolute atomic E-state index is 13.3. The maximum atomic E-state index is 13.3. The van der Waals surface area contributed by atoms with Gasteiger partial charge in [0, 0.05) is 5.69 Å². The summed E-state index contributed by atoms with van der Waals surface area (Å²) in [6.07, 6.45) is 0. The lowest BCUT2D eigenvalue weighted by molar-refractivity contribution is 0.0691. The number of benzene rings is 2. The van der Waals surface area contributed by atoms with E-state index in [0.717, 1.165) is 23.8 Å². The molecule has 0 spiro atoms. The maximum Gasteiger partial charge on any atom is 0.338 e. The number of carboxylic acids is 1. The van der Waals surface area contributed by atoms with Crippen molar-refractivity contribution in [2.75, 3.05) is 4.72 Å². The first-order valence-corrected chi connectivity index (χ1v) is 7.40. The van der Waals surface area contributed by atoms with E-state index in [1.54, 1.807) is 31.2 Å². The second kappa shape index (κ2) is 5.53. The van der Waals surface area contributed by atoms with Crippen molar-refractivity contribution in [1.29, 1.82) is 0 Å². The van der Waals surface area contributed by atoms with E-state index in [1.165, 1.54) is 0 Å². The monoisotopic (exact) mass is 309 g/mol. The highest BCUT2D eigenvalue weighted by atomic mass is 32.2. The van der Waals surface area contributed by atoms with Crippen LogP contribution >= 0.6 is 0 Å². The third kappa shape index (κ3) is 3.38. The molecule has 2 aromatic rings. The molecular weight excluding hydrogens is 297 g/mol. The molecule has 0 heterocycles. The Morgan fingerprint density at radius 1 is 1.19 bits per heavy atom. The third-order valence-corrected chi connectivity index (χ3v) is 4.13. The van der Waals surface area contributed by atoms with Gasteiger partial charge in [-0.1, -0.05) is 12.1 Å². The highest BCUT2D eigenvalue weighted by molar-refractivity contribution is 7.92. The van der Waals surface area contributed by atoms with Crippen LogP contribution < -0.4 is 4.72 Å². The summed E-state index contributed by atoms with van der Waals surface area (Å²) in [5.74, 6) is -2.52. The summed E-state index contributed by atoms with van der Waals surface area (Å²) in [4.78, 5) is 10.5. The van der Waals surface area contributed by atoms with Gasteiger partial charge in [0.2, 0.25) is 0 Å². The normalized spacial score (nSPS) is 11.1. The lowest BCUT2D eigenvalue weighted by Gasteiger charge is -2.09. The Morgan fingerprint density at radius 2 is 1.90 bits per heavy atom. The standard InChI is InChI=1S/C14H12FNO4S/c1-9-3-2-4-10(7-9)16-21(19,20)11-5-6-13(15)12(8-11)14(17)18/h2-8,16H,1H3,(H,17,18). The van der Waals surface area contributed by atoms with Gasteiger partial charge in [-0.15, -0.1) is 0 Å². The highest BCUT2D eigenvalue weighted by Crippen LogP contribution is 2.19. The van der Waals surface area contributed by atoms with Crippen molar-refractivity contribution in [2.45, 2.75) is 11.8 Å². The number of sulfonamides is 1. The molecule has 0 amide bonds. The van der Waals surface area contributed by atoms with Crippen LogP contribution in [0.15, 0.2) is 47.4 Å². The SMILES string of the molecule is Cc1cccc(NS(=O)(=O)c2ccc(F)c(C(=O)O)c2)c1. The Labute approximate surface area is 121 Å². The molecular formula is C14H12FNO4S. The van der Waals surface area contributed by atoms with Crippen LogP contribution in [-0.2, 0) is 10.0 Å². The molecule has 2 aromatic carbocycles. The molecule has 0 bridgehead atoms. The van der Waals surface area contributed by atoms with Crippen LogP contribution in [0.1, 0.15) is 15.9 Å². The number of nitrogens with one attached hydrogen (secondary N) is 1. The Hall–Kier alpha value is -2.41. The molecule has 0 aliphatic heterocycles. The smallest absolute Gasteiger partial charge is 0.338 e. The van der Waals surface area contributed by atoms with Gasteiger partial charge in [0.25, 0.3) is 10.0 Å². The minimum Gasteiger partial charge on any atom is -0.478 e. The fourth-order valence-corrected chi connectivity index (χ4v) is 2.83. The van der Waals surface area contributed by atoms with Crippen LogP contribution in [0, 0.1) is 12.7 Å². The van der Waals surface area contributed by atoms with Crippen LogP contribution in [0.2, 0.25) is 0 Å². The van der Waals surface area contributed by atoms with E-state index in [-0.39, 0.29) is 4.90 Å². The summed E-state index contributed by atoms with van der Waals surface area (Å²) in [7, 11) is -3.98. The number of aryl methyl sites for hydroxylation is 1. The fraction of sp³-hybridized carbons (Fsp3) is 0.0714. The predicted octanol–water partition coefficient (Wildman–Crippen LogP) is 2.63. The largest absolute Gasteiger partial charge is 0.478 e. The van der Waals surface area contributed by atoms with E-state index >= 15 is 0 Å². The van der Waals surface area contributed by atoms with Gasteiger partial charge >= 0.3 is 5.97 Å². The number of hydrogen-bond acceptors (Lipinski definition) is 3. The Balaban J connectivity index is 2.40. The molecule has 2 N–H and O–H groups in total. The summed E-state index contributed by atoms with van der Waals surface area (Å²) >= 11 is 0. The van der Waals surface area contributed by atoms with E-state index < -0.39 is 27.4 Å². The summed E-state index contributed by atoms with van der Waals surface area (Å²) in [5.41, 5.74) is 0.513. The molecule has 0 saturated carbocycles. The molecule has 2 rings (SSSR count). The molecule has 21 heavy (non-hydrogen) atoms. The second-order valence-corrected chi connectivity index (χ2v) is 6.10. The van der Waals surface area contributed by atoms with Crippen molar-refractivity contribution in [3.8, 4) is 0 Å². The van der Waals surface area contributed by atoms with Crippen LogP contribution in [-0.4, -0.2) is 19.5 Å². The quantitative estimate of drug-likeness (QED) is 0.909. The number of halogens is 1. The molecule has 110 valence electrons. The van der Waals surface area contributed by atoms with Crippen molar-refractivity contribution in [1.82, 2.24) is 0 Å². The summed E-state index contributed by atoms with van der Waals surface area (Å²) < 4.78 is 40.0. The summed E-state index contributed by atoms with van der Waals surface area (Å²) in [6, 6.07) is 9.29. The van der Waals surface area contributed by atoms with Crippen molar-refractivity contribution in [3.63, 3.8) is 0 Å². The van der Waals surface area contributed by atoms with Crippen molar-refractivity contribution in [2.24, 2.45) is 0 Å². The van der Waals surface area contributed by atoms with Gasteiger partial charge in [-0.05, 0) is 42.8 Å². The van der Waals surface area contributed by atoms with Crippen molar-refractivity contribution >= 4 is 21.7 Å². The van der Waals surface area contributed by atoms with Crippen LogP contribution in [0.25, 0.3) is 0 Å². The van der Waals surface area contributed by atoms with E-state index in [9.17, 15) is 17.6 Å². The second-order valence-electron chi connectivity index (χ2n) is 4.42. The number of rotatable bonds is 4. The fourth-order valence-electron chi connectivity index (χ4n) is 1.76. The van der Waals surface area contributed by atoms with Crippen LogP contribution in [0.3, 0.4) is 0 Å². The van der Waals surface area contributed by atoms with Crippen molar-refractivity contribution in [3.05, 3.63) is 59.4 Å². The van der Waals surface area contributed by atoms with Gasteiger partial charge in [0.15, 0.2) is 0 Å². The number of hydrogen-bond donors (Lipinski definition) is 2. The first-order valence-electron chi connectivity index (χ1n) is 5.92. The first-order chi connectivity index (χ1) is 9.79. The molecule has 0 aliphatic rings. The average Bonchev–Trinajstić information content (AvgIpc) is 2.38. The molecule has 7 heteroatoms. The number of anilines is 1. The lowest BCUT2D eigenvalue weighted by atomic mass is 10.2. The van der Waals surface area contributed by atoms with E-state index in [4.69, 9.17) is 5.11 Å². The van der Waals surface area contributed by atoms with Gasteiger partial charge < -0.3 is 5.11 Å². The van der Waals surface area contributed by atoms with E-state index in [0.29, 0.717) is 5.69 Å². The minimum atomic E-state index is -3.98. The third-order valence-electron chi connectivity index (χ3n) is 2.75. The zero-order valence-electron chi connectivity index (χ0n) is 11.0. The molecule has 0 atom stereocenters. The first kappa shape index (κ1) is 15.0. The molecule has 5 nitrogen and oxygen atoms in total. The molecule has 0 aromatic heterocycles. The van der Waals surface area contributed by atoms with Crippen molar-refractivity contribution < 1.29 is 22.7 Å². The number of aromatic carboxylic acids is 1. The topological polar surface area (TPSA) is 83.5 Å². The highest BCUT2D eigenvalue weighted by Gasteiger charge is 2.19. The van der Waals surface area contributed by atoms with Gasteiger partial charge in [0.1, 0.15) is 5.82 Å². The molecule has 0 saturated heterocycles. The van der Waals surface area contributed by atoms with Crippen LogP contribution in [0.4, 0.5) is 10.1 Å². The van der Waals surface area contributed by atoms with E-state index in [2.05, 4.69) is 4.72 Å². The number of carboxylic acid groups (broad SMARTS) is 1. The van der Waals surface area contributed by atoms with Gasteiger partial charge in [0.05, 0.1) is 10.5 Å². The summed E-state index contributed by atoms with van der Waals surface area (Å²) in [5, 5.41) is 8.83. The number of carbonyl (C=O) groups is 1.